The number of aromatic nitrogens is 1. The van der Waals surface area contributed by atoms with Crippen molar-refractivity contribution in [2.24, 2.45) is 0 Å². The highest BCUT2D eigenvalue weighted by atomic mass is 35.5. The predicted octanol–water partition coefficient (Wildman–Crippen LogP) is 4.95. The molecule has 0 fully saturated rings. The maximum absolute atomic E-state index is 6.11. The third-order valence-corrected chi connectivity index (χ3v) is 3.78. The number of pyridine rings is 1. The molecule has 2 rings (SSSR count). The van der Waals surface area contributed by atoms with E-state index in [-0.39, 0.29) is 5.92 Å². The number of hydrogen-bond donors (Lipinski definition) is 0. The van der Waals surface area contributed by atoms with Crippen LogP contribution in [0.1, 0.15) is 17.0 Å². The summed E-state index contributed by atoms with van der Waals surface area (Å²) in [7, 11) is 0. The van der Waals surface area contributed by atoms with Crippen molar-refractivity contribution < 1.29 is 0 Å². The summed E-state index contributed by atoms with van der Waals surface area (Å²) in [4.78, 5) is 3.98. The predicted molar refractivity (Wildman–Crippen MR) is 77.9 cm³/mol. The van der Waals surface area contributed by atoms with Gasteiger partial charge in [-0.05, 0) is 35.7 Å². The van der Waals surface area contributed by atoms with Crippen LogP contribution in [0.25, 0.3) is 0 Å². The first-order valence-electron chi connectivity index (χ1n) is 5.60. The van der Waals surface area contributed by atoms with E-state index < -0.39 is 0 Å². The maximum Gasteiger partial charge on any atom is 0.0621 e. The summed E-state index contributed by atoms with van der Waals surface area (Å²) in [5.41, 5.74) is 2.18. The minimum atomic E-state index is 0.199. The summed E-state index contributed by atoms with van der Waals surface area (Å²) in [6, 6.07) is 9.70. The van der Waals surface area contributed by atoms with Gasteiger partial charge in [0.15, 0.2) is 0 Å². The molecule has 1 nitrogen and oxygen atoms in total. The van der Waals surface area contributed by atoms with E-state index in [2.05, 4.69) is 4.98 Å². The van der Waals surface area contributed by atoms with Crippen LogP contribution in [0, 0.1) is 0 Å². The number of benzene rings is 1. The molecule has 0 bridgehead atoms. The van der Waals surface area contributed by atoms with E-state index in [1.165, 1.54) is 0 Å². The van der Waals surface area contributed by atoms with Gasteiger partial charge in [0.1, 0.15) is 0 Å². The van der Waals surface area contributed by atoms with Crippen LogP contribution in [-0.4, -0.2) is 10.9 Å². The number of nitrogens with zero attached hydrogens (tertiary/aromatic N) is 1. The molecule has 1 unspecified atom stereocenters. The zero-order chi connectivity index (χ0) is 13.0. The van der Waals surface area contributed by atoms with Gasteiger partial charge in [0, 0.05) is 29.2 Å². The quantitative estimate of drug-likeness (QED) is 0.728. The lowest BCUT2D eigenvalue weighted by Crippen LogP contribution is -2.05. The average molecular weight is 301 g/mol. The Bertz CT molecular complexity index is 528. The summed E-state index contributed by atoms with van der Waals surface area (Å²) in [6.07, 6.45) is 4.18. The van der Waals surface area contributed by atoms with Crippen LogP contribution in [0.2, 0.25) is 10.0 Å². The van der Waals surface area contributed by atoms with Crippen molar-refractivity contribution in [3.8, 4) is 0 Å². The van der Waals surface area contributed by atoms with E-state index in [1.807, 2.05) is 30.3 Å². The first-order valence-corrected chi connectivity index (χ1v) is 6.89. The molecule has 4 heteroatoms. The highest BCUT2D eigenvalue weighted by molar-refractivity contribution is 6.31. The van der Waals surface area contributed by atoms with Crippen LogP contribution >= 0.6 is 34.8 Å². The van der Waals surface area contributed by atoms with Crippen LogP contribution in [-0.2, 0) is 6.42 Å². The molecule has 18 heavy (non-hydrogen) atoms. The number of rotatable bonds is 4. The van der Waals surface area contributed by atoms with E-state index in [0.29, 0.717) is 10.9 Å². The lowest BCUT2D eigenvalue weighted by atomic mass is 9.94. The minimum absolute atomic E-state index is 0.199. The summed E-state index contributed by atoms with van der Waals surface area (Å²) >= 11 is 18.2. The molecule has 0 aliphatic rings. The third-order valence-electron chi connectivity index (χ3n) is 2.83. The fraction of sp³-hybridized carbons (Fsp3) is 0.214. The van der Waals surface area contributed by atoms with Crippen LogP contribution in [0.4, 0.5) is 0 Å². The first kappa shape index (κ1) is 13.7. The van der Waals surface area contributed by atoms with E-state index in [0.717, 1.165) is 22.6 Å². The molecule has 1 aromatic heterocycles. The number of alkyl halides is 1. The molecule has 1 aromatic carbocycles. The molecule has 0 radical (unpaired) electrons. The second kappa shape index (κ2) is 6.42. The molecule has 0 amide bonds. The van der Waals surface area contributed by atoms with Gasteiger partial charge in [0.05, 0.1) is 5.02 Å². The largest absolute Gasteiger partial charge is 0.263 e. The highest BCUT2D eigenvalue weighted by Crippen LogP contribution is 2.27. The number of hydrogen-bond acceptors (Lipinski definition) is 1. The van der Waals surface area contributed by atoms with Gasteiger partial charge in [0.25, 0.3) is 0 Å². The highest BCUT2D eigenvalue weighted by Gasteiger charge is 2.13. The average Bonchev–Trinajstić information content (AvgIpc) is 2.38. The van der Waals surface area contributed by atoms with Gasteiger partial charge in [0.2, 0.25) is 0 Å². The molecule has 1 atom stereocenters. The van der Waals surface area contributed by atoms with Gasteiger partial charge in [-0.25, -0.2) is 0 Å². The monoisotopic (exact) mass is 299 g/mol. The van der Waals surface area contributed by atoms with Gasteiger partial charge in [-0.3, -0.25) is 4.98 Å². The van der Waals surface area contributed by atoms with Gasteiger partial charge >= 0.3 is 0 Å². The molecule has 0 saturated heterocycles. The molecule has 0 N–H and O–H groups in total. The number of halogens is 3. The van der Waals surface area contributed by atoms with Crippen molar-refractivity contribution in [3.63, 3.8) is 0 Å². The van der Waals surface area contributed by atoms with Crippen molar-refractivity contribution >= 4 is 34.8 Å². The Hall–Kier alpha value is -0.760. The molecular weight excluding hydrogens is 289 g/mol. The molecule has 0 aliphatic heterocycles. The Morgan fingerprint density at radius 2 is 2.00 bits per heavy atom. The van der Waals surface area contributed by atoms with Crippen molar-refractivity contribution in [2.75, 3.05) is 5.88 Å². The maximum atomic E-state index is 6.11. The van der Waals surface area contributed by atoms with Gasteiger partial charge in [-0.1, -0.05) is 35.3 Å². The van der Waals surface area contributed by atoms with Crippen LogP contribution < -0.4 is 0 Å². The Morgan fingerprint density at radius 3 is 2.67 bits per heavy atom. The van der Waals surface area contributed by atoms with Crippen molar-refractivity contribution in [2.45, 2.75) is 12.3 Å². The fourth-order valence-corrected chi connectivity index (χ4v) is 2.54. The van der Waals surface area contributed by atoms with E-state index in [9.17, 15) is 0 Å². The van der Waals surface area contributed by atoms with Gasteiger partial charge in [-0.2, -0.15) is 0 Å². The molecule has 2 aromatic rings. The second-order valence-electron chi connectivity index (χ2n) is 4.08. The fourth-order valence-electron chi connectivity index (χ4n) is 1.86. The Balaban J connectivity index is 2.23. The van der Waals surface area contributed by atoms with Crippen molar-refractivity contribution in [1.82, 2.24) is 4.98 Å². The van der Waals surface area contributed by atoms with Crippen LogP contribution in [0.3, 0.4) is 0 Å². The van der Waals surface area contributed by atoms with Gasteiger partial charge in [-0.15, -0.1) is 11.6 Å². The molecular formula is C14H12Cl3N. The zero-order valence-electron chi connectivity index (χ0n) is 9.61. The Labute approximate surface area is 122 Å². The summed E-state index contributed by atoms with van der Waals surface area (Å²) in [5.74, 6) is 0.726. The standard InChI is InChI=1S/C14H12Cl3N/c15-8-12(10-2-1-3-13(16)7-10)6-11-4-5-18-9-14(11)17/h1-5,7,9,12H,6,8H2. The summed E-state index contributed by atoms with van der Waals surface area (Å²) in [5, 5.41) is 1.40. The van der Waals surface area contributed by atoms with Crippen molar-refractivity contribution in [1.29, 1.82) is 0 Å². The van der Waals surface area contributed by atoms with Crippen LogP contribution in [0.15, 0.2) is 42.7 Å². The second-order valence-corrected chi connectivity index (χ2v) is 5.23. The topological polar surface area (TPSA) is 12.9 Å². The zero-order valence-corrected chi connectivity index (χ0v) is 11.9. The smallest absolute Gasteiger partial charge is 0.0621 e. The Morgan fingerprint density at radius 1 is 1.17 bits per heavy atom. The lowest BCUT2D eigenvalue weighted by Gasteiger charge is -2.15. The third kappa shape index (κ3) is 3.38. The first-order chi connectivity index (χ1) is 8.70. The molecule has 0 aliphatic carbocycles. The molecule has 1 heterocycles. The van der Waals surface area contributed by atoms with E-state index >= 15 is 0 Å². The SMILES string of the molecule is ClCC(Cc1ccncc1Cl)c1cccc(Cl)c1. The van der Waals surface area contributed by atoms with Crippen molar-refractivity contribution in [3.05, 3.63) is 63.9 Å². The minimum Gasteiger partial charge on any atom is -0.263 e. The molecule has 94 valence electrons. The Kier molecular flexibility index (Phi) is 4.87. The lowest BCUT2D eigenvalue weighted by molar-refractivity contribution is 0.765. The summed E-state index contributed by atoms with van der Waals surface area (Å²) in [6.45, 7) is 0. The van der Waals surface area contributed by atoms with E-state index in [1.54, 1.807) is 12.4 Å². The van der Waals surface area contributed by atoms with Crippen LogP contribution in [0.5, 0.6) is 0 Å². The van der Waals surface area contributed by atoms with E-state index in [4.69, 9.17) is 34.8 Å². The molecule has 0 spiro atoms. The normalized spacial score (nSPS) is 12.4. The van der Waals surface area contributed by atoms with Gasteiger partial charge < -0.3 is 0 Å². The summed E-state index contributed by atoms with van der Waals surface area (Å²) < 4.78 is 0. The molecule has 0 saturated carbocycles.